The summed E-state index contributed by atoms with van der Waals surface area (Å²) in [7, 11) is 0. The number of esters is 2. The lowest BCUT2D eigenvalue weighted by Gasteiger charge is -2.11. The van der Waals surface area contributed by atoms with Crippen LogP contribution in [0.5, 0.6) is 17.2 Å². The summed E-state index contributed by atoms with van der Waals surface area (Å²) in [6.07, 6.45) is 1.69. The molecule has 0 aliphatic rings. The molecule has 0 fully saturated rings. The van der Waals surface area contributed by atoms with Gasteiger partial charge in [0.1, 0.15) is 17.2 Å². The highest BCUT2D eigenvalue weighted by Gasteiger charge is 2.13. The fourth-order valence-corrected chi connectivity index (χ4v) is 2.79. The molecule has 6 heteroatoms. The molecule has 3 aromatic rings. The van der Waals surface area contributed by atoms with Gasteiger partial charge >= 0.3 is 11.9 Å². The van der Waals surface area contributed by atoms with Gasteiger partial charge in [-0.2, -0.15) is 0 Å². The van der Waals surface area contributed by atoms with Crippen molar-refractivity contribution in [3.8, 4) is 17.2 Å². The molecule has 0 spiro atoms. The first-order valence-electron chi connectivity index (χ1n) is 8.87. The molecular weight excluding hydrogens is 372 g/mol. The van der Waals surface area contributed by atoms with E-state index in [1.165, 1.54) is 0 Å². The van der Waals surface area contributed by atoms with Gasteiger partial charge in [-0.15, -0.1) is 0 Å². The van der Waals surface area contributed by atoms with Crippen LogP contribution in [0.4, 0.5) is 0 Å². The summed E-state index contributed by atoms with van der Waals surface area (Å²) in [5.41, 5.74) is 1.12. The minimum atomic E-state index is -0.541. The molecule has 0 aromatic heterocycles. The molecule has 0 atom stereocenters. The van der Waals surface area contributed by atoms with Gasteiger partial charge in [-0.05, 0) is 65.2 Å². The number of rotatable bonds is 7. The number of hydrogen-bond donors (Lipinski definition) is 0. The zero-order chi connectivity index (χ0) is 20.8. The average molecular weight is 390 g/mol. The molecular formula is C23H18O6. The second kappa shape index (κ2) is 8.84. The smallest absolute Gasteiger partial charge is 0.343 e. The van der Waals surface area contributed by atoms with Crippen LogP contribution in [-0.4, -0.2) is 18.4 Å². The average Bonchev–Trinajstić information content (AvgIpc) is 2.74. The van der Waals surface area contributed by atoms with Crippen molar-refractivity contribution in [1.29, 1.82) is 0 Å². The maximum absolute atomic E-state index is 12.6. The Morgan fingerprint density at radius 1 is 0.931 bits per heavy atom. The lowest BCUT2D eigenvalue weighted by atomic mass is 10.1. The molecule has 146 valence electrons. The summed E-state index contributed by atoms with van der Waals surface area (Å²) in [5.74, 6) is 0.134. The van der Waals surface area contributed by atoms with E-state index >= 15 is 0 Å². The van der Waals surface area contributed by atoms with Gasteiger partial charge in [0.25, 0.3) is 6.47 Å². The molecule has 0 amide bonds. The molecule has 0 unspecified atom stereocenters. The number of hydrogen-bond acceptors (Lipinski definition) is 6. The first kappa shape index (κ1) is 19.8. The molecule has 0 aliphatic heterocycles. The lowest BCUT2D eigenvalue weighted by molar-refractivity contribution is -0.129. The van der Waals surface area contributed by atoms with Crippen LogP contribution < -0.4 is 14.2 Å². The molecule has 0 heterocycles. The monoisotopic (exact) mass is 390 g/mol. The summed E-state index contributed by atoms with van der Waals surface area (Å²) in [4.78, 5) is 34.4. The quantitative estimate of drug-likeness (QED) is 0.260. The van der Waals surface area contributed by atoms with Crippen LogP contribution in [0.3, 0.4) is 0 Å². The Balaban J connectivity index is 1.82. The second-order valence-corrected chi connectivity index (χ2v) is 6.08. The van der Waals surface area contributed by atoms with Gasteiger partial charge in [0, 0.05) is 6.08 Å². The minimum Gasteiger partial charge on any atom is -0.429 e. The van der Waals surface area contributed by atoms with Gasteiger partial charge in [-0.25, -0.2) is 9.59 Å². The third-order valence-corrected chi connectivity index (χ3v) is 4.23. The van der Waals surface area contributed by atoms with Gasteiger partial charge in [-0.1, -0.05) is 25.6 Å². The van der Waals surface area contributed by atoms with Crippen LogP contribution >= 0.6 is 0 Å². The summed E-state index contributed by atoms with van der Waals surface area (Å²) in [6.45, 7) is 5.62. The molecule has 6 nitrogen and oxygen atoms in total. The maximum Gasteiger partial charge on any atom is 0.343 e. The summed E-state index contributed by atoms with van der Waals surface area (Å²) < 4.78 is 15.5. The van der Waals surface area contributed by atoms with Crippen molar-refractivity contribution < 1.29 is 28.6 Å². The van der Waals surface area contributed by atoms with E-state index in [1.807, 2.05) is 6.92 Å². The number of fused-ring (bicyclic) bond motifs is 1. The second-order valence-electron chi connectivity index (χ2n) is 6.08. The van der Waals surface area contributed by atoms with Crippen molar-refractivity contribution in [2.45, 2.75) is 13.3 Å². The fourth-order valence-electron chi connectivity index (χ4n) is 2.79. The molecule has 0 aliphatic carbocycles. The lowest BCUT2D eigenvalue weighted by Crippen LogP contribution is -2.10. The zero-order valence-electron chi connectivity index (χ0n) is 15.7. The van der Waals surface area contributed by atoms with E-state index in [1.54, 1.807) is 54.6 Å². The number of aryl methyl sites for hydroxylation is 1. The molecule has 0 N–H and O–H groups in total. The third-order valence-electron chi connectivity index (χ3n) is 4.23. The highest BCUT2D eigenvalue weighted by molar-refractivity contribution is 5.97. The van der Waals surface area contributed by atoms with E-state index in [0.717, 1.165) is 22.4 Å². The molecule has 29 heavy (non-hydrogen) atoms. The highest BCUT2D eigenvalue weighted by Crippen LogP contribution is 2.27. The normalized spacial score (nSPS) is 10.2. The van der Waals surface area contributed by atoms with Gasteiger partial charge in [0.2, 0.25) is 0 Å². The largest absolute Gasteiger partial charge is 0.429 e. The summed E-state index contributed by atoms with van der Waals surface area (Å²) in [6, 6.07) is 15.0. The van der Waals surface area contributed by atoms with E-state index in [0.29, 0.717) is 35.7 Å². The maximum atomic E-state index is 12.6. The van der Waals surface area contributed by atoms with Crippen molar-refractivity contribution in [3.63, 3.8) is 0 Å². The van der Waals surface area contributed by atoms with Crippen LogP contribution in [0.1, 0.15) is 22.8 Å². The number of benzene rings is 3. The predicted molar refractivity (Wildman–Crippen MR) is 107 cm³/mol. The van der Waals surface area contributed by atoms with Gasteiger partial charge in [-0.3, -0.25) is 4.79 Å². The number of carbonyl (C=O) groups excluding carboxylic acids is 3. The van der Waals surface area contributed by atoms with Crippen LogP contribution in [-0.2, 0) is 16.0 Å². The Labute approximate surface area is 167 Å². The van der Waals surface area contributed by atoms with Gasteiger partial charge in [0.05, 0.1) is 5.56 Å². The summed E-state index contributed by atoms with van der Waals surface area (Å²) >= 11 is 0. The Kier molecular flexibility index (Phi) is 6.04. The Morgan fingerprint density at radius 3 is 2.38 bits per heavy atom. The first-order chi connectivity index (χ1) is 14.0. The van der Waals surface area contributed by atoms with Crippen molar-refractivity contribution >= 4 is 29.2 Å². The van der Waals surface area contributed by atoms with Crippen LogP contribution in [0.15, 0.2) is 67.3 Å². The Bertz CT molecular complexity index is 1100. The van der Waals surface area contributed by atoms with E-state index in [2.05, 4.69) is 6.58 Å². The SMILES string of the molecule is C=CC(=O)Oc1ccc2cc(C(=O)Oc3ccc(OC=O)cc3CC)ccc2c1. The number of ether oxygens (including phenoxy) is 3. The Hall–Kier alpha value is -3.93. The van der Waals surface area contributed by atoms with E-state index in [4.69, 9.17) is 14.2 Å². The van der Waals surface area contributed by atoms with Gasteiger partial charge in [0.15, 0.2) is 0 Å². The molecule has 3 rings (SSSR count). The first-order valence-corrected chi connectivity index (χ1v) is 8.87. The molecule has 0 saturated heterocycles. The highest BCUT2D eigenvalue weighted by atomic mass is 16.5. The van der Waals surface area contributed by atoms with E-state index < -0.39 is 11.9 Å². The number of carbonyl (C=O) groups is 3. The van der Waals surface area contributed by atoms with Crippen molar-refractivity contribution in [3.05, 3.63) is 78.4 Å². The zero-order valence-corrected chi connectivity index (χ0v) is 15.7. The van der Waals surface area contributed by atoms with E-state index in [9.17, 15) is 14.4 Å². The van der Waals surface area contributed by atoms with Crippen LogP contribution in [0.25, 0.3) is 10.8 Å². The van der Waals surface area contributed by atoms with Crippen molar-refractivity contribution in [2.24, 2.45) is 0 Å². The molecule has 0 bridgehead atoms. The van der Waals surface area contributed by atoms with E-state index in [-0.39, 0.29) is 0 Å². The third kappa shape index (κ3) is 4.68. The topological polar surface area (TPSA) is 78.9 Å². The van der Waals surface area contributed by atoms with Crippen LogP contribution in [0, 0.1) is 0 Å². The van der Waals surface area contributed by atoms with Gasteiger partial charge < -0.3 is 14.2 Å². The van der Waals surface area contributed by atoms with Crippen molar-refractivity contribution in [1.82, 2.24) is 0 Å². The van der Waals surface area contributed by atoms with Crippen LogP contribution in [0.2, 0.25) is 0 Å². The summed E-state index contributed by atoms with van der Waals surface area (Å²) in [5, 5.41) is 1.60. The Morgan fingerprint density at radius 2 is 1.66 bits per heavy atom. The standard InChI is InChI=1S/C23H18O6/c1-3-15-12-19(27-14-24)9-10-21(15)29-23(26)18-6-5-17-13-20(28-22(25)4-2)8-7-16(17)11-18/h4-14H,2-3H2,1H3. The minimum absolute atomic E-state index is 0.347. The molecule has 3 aromatic carbocycles. The molecule has 0 saturated carbocycles. The van der Waals surface area contributed by atoms with Crippen molar-refractivity contribution in [2.75, 3.05) is 0 Å². The molecule has 0 radical (unpaired) electrons. The fraction of sp³-hybridized carbons (Fsp3) is 0.0870. The predicted octanol–water partition coefficient (Wildman–Crippen LogP) is 4.25.